The summed E-state index contributed by atoms with van der Waals surface area (Å²) >= 11 is 0. The first-order valence-electron chi connectivity index (χ1n) is 26.0. The molecule has 0 spiro atoms. The number of hydrogen-bond acceptors (Lipinski definition) is 0. The number of rotatable bonds is 7. The first kappa shape index (κ1) is 72.5. The van der Waals surface area contributed by atoms with E-state index in [-0.39, 0.29) is 0 Å². The fourth-order valence-corrected chi connectivity index (χ4v) is 4.60. The van der Waals surface area contributed by atoms with Crippen molar-refractivity contribution in [2.75, 3.05) is 0 Å². The Labute approximate surface area is 406 Å². The maximum atomic E-state index is 2.25. The van der Waals surface area contributed by atoms with Crippen molar-refractivity contribution >= 4 is 0 Å². The van der Waals surface area contributed by atoms with Crippen LogP contribution in [0.4, 0.5) is 0 Å². The minimum absolute atomic E-state index is 0.500. The molecule has 0 amide bonds. The van der Waals surface area contributed by atoms with Gasteiger partial charge >= 0.3 is 0 Å². The summed E-state index contributed by atoms with van der Waals surface area (Å²) in [4.78, 5) is 0. The van der Waals surface area contributed by atoms with Gasteiger partial charge < -0.3 is 0 Å². The topological polar surface area (TPSA) is 0 Å². The lowest BCUT2D eigenvalue weighted by Gasteiger charge is -2.11. The highest BCUT2D eigenvalue weighted by molar-refractivity contribution is 5.71. The van der Waals surface area contributed by atoms with Crippen LogP contribution in [0.1, 0.15) is 236 Å². The molecule has 0 N–H and O–H groups in total. The summed E-state index contributed by atoms with van der Waals surface area (Å²) in [5.41, 5.74) is 15.1. The normalized spacial score (nSPS) is 9.55. The predicted molar refractivity (Wildman–Crippen MR) is 306 cm³/mol. The van der Waals surface area contributed by atoms with Crippen molar-refractivity contribution in [3.8, 4) is 22.3 Å². The lowest BCUT2D eigenvalue weighted by molar-refractivity contribution is 0.469. The standard InChI is InChI=1S/C16H18.C15H16.4C5H12.2C4H10.C3H8.C2H6/c1-11-5-7-15(8-6-11)16-13(3)9-12(2)10-14(16)4;1-11-4-6-14(7-5-11)15-9-12(2)8-13(3)10-15;1-5(2,3)4;2*1-4-5(2)3;1-3-5-4-2;1-4(2)3;1-3-4-2;1-3-2;1-2/h5-10H,1-4H3;4-10H,1-3H3;1-4H3;2*5H,4H2,1-3H3;3-5H2,1-2H3;4H,1-3H3;3-4H2,1-2H3;3H2,1-2H3;1-2H3. The zero-order chi connectivity index (χ0) is 51.4. The van der Waals surface area contributed by atoms with Gasteiger partial charge in [-0.05, 0) is 105 Å². The zero-order valence-electron chi connectivity index (χ0n) is 48.9. The number of aryl methyl sites for hydroxylation is 7. The van der Waals surface area contributed by atoms with E-state index >= 15 is 0 Å². The molecule has 0 aliphatic heterocycles. The van der Waals surface area contributed by atoms with E-state index in [1.807, 2.05) is 13.8 Å². The largest absolute Gasteiger partial charge is 0.0683 e. The fourth-order valence-electron chi connectivity index (χ4n) is 4.60. The van der Waals surface area contributed by atoms with E-state index in [4.69, 9.17) is 0 Å². The third-order valence-electron chi connectivity index (χ3n) is 8.46. The highest BCUT2D eigenvalue weighted by Gasteiger charge is 2.06. The Hall–Kier alpha value is -3.12. The molecule has 4 aromatic rings. The van der Waals surface area contributed by atoms with Crippen LogP contribution in [0.2, 0.25) is 0 Å². The van der Waals surface area contributed by atoms with Crippen molar-refractivity contribution in [2.24, 2.45) is 23.2 Å². The van der Waals surface area contributed by atoms with Crippen molar-refractivity contribution in [1.29, 1.82) is 0 Å². The van der Waals surface area contributed by atoms with E-state index in [2.05, 4.69) is 259 Å². The average molecular weight is 886 g/mol. The maximum absolute atomic E-state index is 2.25. The van der Waals surface area contributed by atoms with Crippen LogP contribution in [0.5, 0.6) is 0 Å². The van der Waals surface area contributed by atoms with Crippen molar-refractivity contribution < 1.29 is 0 Å². The van der Waals surface area contributed by atoms with Crippen LogP contribution in [-0.2, 0) is 0 Å². The molecule has 0 heteroatoms. The van der Waals surface area contributed by atoms with Gasteiger partial charge in [-0.15, -0.1) is 0 Å². The summed E-state index contributed by atoms with van der Waals surface area (Å²) in [5.74, 6) is 2.60. The molecule has 0 nitrogen and oxygen atoms in total. The molecule has 64 heavy (non-hydrogen) atoms. The monoisotopic (exact) mass is 885 g/mol. The van der Waals surface area contributed by atoms with Gasteiger partial charge in [0.25, 0.3) is 0 Å². The third-order valence-corrected chi connectivity index (χ3v) is 8.46. The molecule has 4 aromatic carbocycles. The van der Waals surface area contributed by atoms with Gasteiger partial charge in [0.05, 0.1) is 0 Å². The SMILES string of the molecule is CC.CC(C)(C)C.CC(C)C.CCC.CCC(C)C.CCC(C)C.CCCC.CCCCC.Cc1ccc(-c2c(C)cc(C)cc2C)cc1.Cc1ccc(-c2cc(C)cc(C)c2)cc1. The van der Waals surface area contributed by atoms with Crippen LogP contribution >= 0.6 is 0 Å². The Bertz CT molecular complexity index is 1460. The van der Waals surface area contributed by atoms with Crippen LogP contribution in [0.3, 0.4) is 0 Å². The van der Waals surface area contributed by atoms with Crippen LogP contribution in [0.15, 0.2) is 78.9 Å². The first-order chi connectivity index (χ1) is 29.7. The second kappa shape index (κ2) is 47.8. The van der Waals surface area contributed by atoms with E-state index in [9.17, 15) is 0 Å². The van der Waals surface area contributed by atoms with Gasteiger partial charge in [-0.25, -0.2) is 0 Å². The molecule has 0 aromatic heterocycles. The lowest BCUT2D eigenvalue weighted by atomic mass is 9.93. The second-order valence-corrected chi connectivity index (χ2v) is 20.3. The minimum atomic E-state index is 0.500. The summed E-state index contributed by atoms with van der Waals surface area (Å²) in [6.07, 6.45) is 10.6. The van der Waals surface area contributed by atoms with Crippen LogP contribution < -0.4 is 0 Å². The van der Waals surface area contributed by atoms with Gasteiger partial charge in [0.2, 0.25) is 0 Å². The number of hydrogen-bond donors (Lipinski definition) is 0. The van der Waals surface area contributed by atoms with Gasteiger partial charge in [0.1, 0.15) is 0 Å². The molecule has 0 heterocycles. The summed E-state index contributed by atoms with van der Waals surface area (Å²) in [5, 5.41) is 0. The number of benzene rings is 4. The van der Waals surface area contributed by atoms with Gasteiger partial charge in [-0.3, -0.25) is 0 Å². The van der Waals surface area contributed by atoms with Crippen molar-refractivity contribution in [1.82, 2.24) is 0 Å². The molecule has 0 fully saturated rings. The molecular formula is C64H116. The quantitative estimate of drug-likeness (QED) is 0.173. The molecular weight excluding hydrogens is 769 g/mol. The van der Waals surface area contributed by atoms with E-state index in [0.29, 0.717) is 5.41 Å². The second-order valence-electron chi connectivity index (χ2n) is 20.3. The van der Waals surface area contributed by atoms with Gasteiger partial charge in [0, 0.05) is 0 Å². The Balaban J connectivity index is -0.000000160. The number of unbranched alkanes of at least 4 members (excludes halogenated alkanes) is 3. The summed E-state index contributed by atoms with van der Waals surface area (Å²) < 4.78 is 0. The van der Waals surface area contributed by atoms with E-state index in [1.54, 1.807) is 0 Å². The summed E-state index contributed by atoms with van der Waals surface area (Å²) in [6, 6.07) is 28.6. The highest BCUT2D eigenvalue weighted by atomic mass is 14.1. The Morgan fingerprint density at radius 3 is 0.844 bits per heavy atom. The Kier molecular flexibility index (Phi) is 54.2. The molecule has 0 radical (unpaired) electrons. The molecule has 0 saturated carbocycles. The van der Waals surface area contributed by atoms with Gasteiger partial charge in [0.15, 0.2) is 0 Å². The highest BCUT2D eigenvalue weighted by Crippen LogP contribution is 2.28. The van der Waals surface area contributed by atoms with Crippen molar-refractivity contribution in [3.63, 3.8) is 0 Å². The predicted octanol–water partition coefficient (Wildman–Crippen LogP) is 23.1. The molecule has 0 aliphatic rings. The van der Waals surface area contributed by atoms with Gasteiger partial charge in [-0.2, -0.15) is 0 Å². The van der Waals surface area contributed by atoms with Crippen LogP contribution in [0.25, 0.3) is 22.3 Å². The summed E-state index contributed by atoms with van der Waals surface area (Å²) in [6.45, 7) is 60.6. The zero-order valence-corrected chi connectivity index (χ0v) is 48.9. The third kappa shape index (κ3) is 55.0. The lowest BCUT2D eigenvalue weighted by Crippen LogP contribution is -1.93. The Morgan fingerprint density at radius 2 is 0.625 bits per heavy atom. The first-order valence-corrected chi connectivity index (χ1v) is 26.0. The molecule has 0 saturated heterocycles. The van der Waals surface area contributed by atoms with Crippen LogP contribution in [-0.4, -0.2) is 0 Å². The minimum Gasteiger partial charge on any atom is -0.0683 e. The maximum Gasteiger partial charge on any atom is -0.0125 e. The van der Waals surface area contributed by atoms with Crippen LogP contribution in [0, 0.1) is 71.6 Å². The van der Waals surface area contributed by atoms with Crippen molar-refractivity contribution in [3.05, 3.63) is 118 Å². The fraction of sp³-hybridized carbons (Fsp3) is 0.625. The molecule has 0 unspecified atom stereocenters. The molecule has 372 valence electrons. The smallest absolute Gasteiger partial charge is 0.0125 e. The summed E-state index contributed by atoms with van der Waals surface area (Å²) in [7, 11) is 0. The molecule has 0 aliphatic carbocycles. The van der Waals surface area contributed by atoms with Crippen molar-refractivity contribution in [2.45, 2.75) is 245 Å². The van der Waals surface area contributed by atoms with E-state index in [0.717, 1.165) is 17.8 Å². The molecule has 0 bridgehead atoms. The molecule has 0 atom stereocenters. The Morgan fingerprint density at radius 1 is 0.375 bits per heavy atom. The van der Waals surface area contributed by atoms with Gasteiger partial charge in [-0.1, -0.05) is 303 Å². The molecule has 4 rings (SSSR count). The average Bonchev–Trinajstić information content (AvgIpc) is 3.20. The van der Waals surface area contributed by atoms with E-state index in [1.165, 1.54) is 113 Å². The van der Waals surface area contributed by atoms with E-state index < -0.39 is 0 Å².